The number of hydrogen-bond acceptors (Lipinski definition) is 4. The number of carbonyl (C=O) groups is 1. The summed E-state index contributed by atoms with van der Waals surface area (Å²) in [6, 6.07) is -1.05. The number of ether oxygens (including phenoxy) is 1. The van der Waals surface area contributed by atoms with Crippen LogP contribution in [0.25, 0.3) is 0 Å². The standard InChI is InChI=1S/C7H14N2O5S/c1-8-15(12,13)9-4-5(14-2)3-6(9)7(10)11/h5-6,8H,3-4H2,1-2H3,(H,10,11). The number of carboxylic acid groups (broad SMARTS) is 1. The van der Waals surface area contributed by atoms with Crippen molar-refractivity contribution in [2.45, 2.75) is 18.6 Å². The van der Waals surface area contributed by atoms with Gasteiger partial charge in [0.15, 0.2) is 0 Å². The lowest BCUT2D eigenvalue weighted by Crippen LogP contribution is -2.45. The fourth-order valence-electron chi connectivity index (χ4n) is 1.55. The largest absolute Gasteiger partial charge is 0.480 e. The van der Waals surface area contributed by atoms with Crippen LogP contribution in [-0.4, -0.2) is 56.6 Å². The summed E-state index contributed by atoms with van der Waals surface area (Å²) in [6.07, 6.45) is -0.193. The van der Waals surface area contributed by atoms with Crippen LogP contribution >= 0.6 is 0 Å². The minimum absolute atomic E-state index is 0.0661. The predicted octanol–water partition coefficient (Wildman–Crippen LogP) is -1.38. The molecule has 0 saturated carbocycles. The Morgan fingerprint density at radius 3 is 2.60 bits per heavy atom. The molecule has 0 aromatic rings. The van der Waals surface area contributed by atoms with Crippen LogP contribution in [0.3, 0.4) is 0 Å². The van der Waals surface area contributed by atoms with Crippen LogP contribution in [-0.2, 0) is 19.7 Å². The van der Waals surface area contributed by atoms with Crippen LogP contribution in [0.4, 0.5) is 0 Å². The van der Waals surface area contributed by atoms with E-state index < -0.39 is 22.2 Å². The van der Waals surface area contributed by atoms with E-state index in [0.29, 0.717) is 0 Å². The van der Waals surface area contributed by atoms with Gasteiger partial charge in [0.2, 0.25) is 0 Å². The average Bonchev–Trinajstić information content (AvgIpc) is 2.62. The minimum atomic E-state index is -3.71. The van der Waals surface area contributed by atoms with Gasteiger partial charge in [0, 0.05) is 27.1 Å². The lowest BCUT2D eigenvalue weighted by Gasteiger charge is -2.19. The zero-order valence-corrected chi connectivity index (χ0v) is 9.32. The third-order valence-corrected chi connectivity index (χ3v) is 3.94. The van der Waals surface area contributed by atoms with Gasteiger partial charge in [-0.1, -0.05) is 0 Å². The van der Waals surface area contributed by atoms with Crippen LogP contribution in [0.15, 0.2) is 0 Å². The van der Waals surface area contributed by atoms with E-state index in [4.69, 9.17) is 9.84 Å². The smallest absolute Gasteiger partial charge is 0.322 e. The van der Waals surface area contributed by atoms with Crippen molar-refractivity contribution >= 4 is 16.2 Å². The van der Waals surface area contributed by atoms with E-state index in [1.54, 1.807) is 0 Å². The van der Waals surface area contributed by atoms with E-state index in [1.165, 1.54) is 14.2 Å². The topological polar surface area (TPSA) is 95.9 Å². The summed E-state index contributed by atoms with van der Waals surface area (Å²) in [5.74, 6) is -1.16. The number of rotatable bonds is 4. The number of methoxy groups -OCH3 is 1. The molecule has 1 saturated heterocycles. The molecule has 15 heavy (non-hydrogen) atoms. The summed E-state index contributed by atoms with van der Waals surface area (Å²) in [5.41, 5.74) is 0. The Bertz CT molecular complexity index is 341. The maximum absolute atomic E-state index is 11.5. The zero-order chi connectivity index (χ0) is 11.6. The summed E-state index contributed by atoms with van der Waals surface area (Å²) in [4.78, 5) is 10.8. The van der Waals surface area contributed by atoms with Crippen LogP contribution < -0.4 is 4.72 Å². The van der Waals surface area contributed by atoms with E-state index in [-0.39, 0.29) is 19.1 Å². The third kappa shape index (κ3) is 2.46. The molecule has 8 heteroatoms. The summed E-state index contributed by atoms with van der Waals surface area (Å²) in [5, 5.41) is 8.87. The quantitative estimate of drug-likeness (QED) is 0.629. The van der Waals surface area contributed by atoms with Crippen molar-refractivity contribution in [3.8, 4) is 0 Å². The Morgan fingerprint density at radius 1 is 1.60 bits per heavy atom. The number of aliphatic carboxylic acids is 1. The second kappa shape index (κ2) is 4.44. The Labute approximate surface area is 88.2 Å². The first-order valence-electron chi connectivity index (χ1n) is 4.38. The number of nitrogens with one attached hydrogen (secondary N) is 1. The van der Waals surface area contributed by atoms with E-state index in [0.717, 1.165) is 4.31 Å². The minimum Gasteiger partial charge on any atom is -0.480 e. The molecule has 1 fully saturated rings. The first-order valence-corrected chi connectivity index (χ1v) is 5.82. The molecule has 7 nitrogen and oxygen atoms in total. The first-order chi connectivity index (χ1) is 6.92. The average molecular weight is 238 g/mol. The molecule has 2 unspecified atom stereocenters. The first kappa shape index (κ1) is 12.4. The second-order valence-electron chi connectivity index (χ2n) is 3.23. The van der Waals surface area contributed by atoms with Gasteiger partial charge >= 0.3 is 5.97 Å². The molecule has 0 radical (unpaired) electrons. The normalized spacial score (nSPS) is 28.1. The summed E-state index contributed by atoms with van der Waals surface area (Å²) < 4.78 is 30.9. The molecule has 0 aromatic carbocycles. The van der Waals surface area contributed by atoms with Gasteiger partial charge in [-0.15, -0.1) is 0 Å². The van der Waals surface area contributed by atoms with Crippen LogP contribution in [0.1, 0.15) is 6.42 Å². The third-order valence-electron chi connectivity index (χ3n) is 2.40. The Hall–Kier alpha value is -0.700. The van der Waals surface area contributed by atoms with Crippen LogP contribution in [0.5, 0.6) is 0 Å². The van der Waals surface area contributed by atoms with Gasteiger partial charge in [0.25, 0.3) is 10.2 Å². The molecule has 88 valence electrons. The highest BCUT2D eigenvalue weighted by Crippen LogP contribution is 2.22. The zero-order valence-electron chi connectivity index (χ0n) is 8.50. The molecule has 2 atom stereocenters. The van der Waals surface area contributed by atoms with Gasteiger partial charge in [-0.25, -0.2) is 4.72 Å². The molecule has 1 rings (SSSR count). The van der Waals surface area contributed by atoms with Crippen LogP contribution in [0.2, 0.25) is 0 Å². The molecule has 0 amide bonds. The second-order valence-corrected chi connectivity index (χ2v) is 5.05. The SMILES string of the molecule is CNS(=O)(=O)N1CC(OC)CC1C(=O)O. The van der Waals surface area contributed by atoms with Crippen LogP contribution in [0, 0.1) is 0 Å². The Morgan fingerprint density at radius 2 is 2.20 bits per heavy atom. The number of hydrogen-bond donors (Lipinski definition) is 2. The fraction of sp³-hybridized carbons (Fsp3) is 0.857. The molecule has 2 N–H and O–H groups in total. The molecule has 1 aliphatic heterocycles. The monoisotopic (exact) mass is 238 g/mol. The van der Waals surface area contributed by atoms with Crippen molar-refractivity contribution < 1.29 is 23.1 Å². The van der Waals surface area contributed by atoms with Crippen molar-refractivity contribution in [2.24, 2.45) is 0 Å². The highest BCUT2D eigenvalue weighted by molar-refractivity contribution is 7.87. The van der Waals surface area contributed by atoms with Gasteiger partial charge < -0.3 is 9.84 Å². The molecule has 1 aliphatic rings. The maximum Gasteiger partial charge on any atom is 0.322 e. The molecule has 0 bridgehead atoms. The summed E-state index contributed by atoms with van der Waals surface area (Å²) >= 11 is 0. The van der Waals surface area contributed by atoms with E-state index in [2.05, 4.69) is 4.72 Å². The Balaban J connectivity index is 2.91. The van der Waals surface area contributed by atoms with Gasteiger partial charge in [-0.2, -0.15) is 12.7 Å². The van der Waals surface area contributed by atoms with Crippen molar-refractivity contribution in [2.75, 3.05) is 20.7 Å². The highest BCUT2D eigenvalue weighted by atomic mass is 32.2. The molecule has 0 aliphatic carbocycles. The summed E-state index contributed by atoms with van der Waals surface area (Å²) in [6.45, 7) is 0.0661. The number of carboxylic acids is 1. The van der Waals surface area contributed by atoms with Crippen molar-refractivity contribution in [1.82, 2.24) is 9.03 Å². The fourth-order valence-corrected chi connectivity index (χ4v) is 2.66. The van der Waals surface area contributed by atoms with Crippen molar-refractivity contribution in [3.63, 3.8) is 0 Å². The highest BCUT2D eigenvalue weighted by Gasteiger charge is 2.43. The number of nitrogens with zero attached hydrogens (tertiary/aromatic N) is 1. The van der Waals surface area contributed by atoms with Gasteiger partial charge in [-0.05, 0) is 0 Å². The summed E-state index contributed by atoms with van der Waals surface area (Å²) in [7, 11) is -1.04. The van der Waals surface area contributed by atoms with Crippen molar-refractivity contribution in [3.05, 3.63) is 0 Å². The van der Waals surface area contributed by atoms with Gasteiger partial charge in [0.1, 0.15) is 6.04 Å². The van der Waals surface area contributed by atoms with Gasteiger partial charge in [-0.3, -0.25) is 4.79 Å². The molecular formula is C7H14N2O5S. The molecule has 1 heterocycles. The molecule has 0 aromatic heterocycles. The van der Waals surface area contributed by atoms with Gasteiger partial charge in [0.05, 0.1) is 6.10 Å². The lowest BCUT2D eigenvalue weighted by molar-refractivity contribution is -0.140. The van der Waals surface area contributed by atoms with E-state index in [1.807, 2.05) is 0 Å². The molecule has 0 spiro atoms. The van der Waals surface area contributed by atoms with E-state index in [9.17, 15) is 13.2 Å². The predicted molar refractivity (Wildman–Crippen MR) is 51.5 cm³/mol. The maximum atomic E-state index is 11.5. The van der Waals surface area contributed by atoms with E-state index >= 15 is 0 Å². The lowest BCUT2D eigenvalue weighted by atomic mass is 10.2. The van der Waals surface area contributed by atoms with Crippen molar-refractivity contribution in [1.29, 1.82) is 0 Å². The Kier molecular flexibility index (Phi) is 3.66. The molecular weight excluding hydrogens is 224 g/mol.